The van der Waals surface area contributed by atoms with E-state index in [9.17, 15) is 13.6 Å². The lowest BCUT2D eigenvalue weighted by Crippen LogP contribution is -2.37. The van der Waals surface area contributed by atoms with Gasteiger partial charge in [0.05, 0.1) is 0 Å². The molecule has 0 heterocycles. The van der Waals surface area contributed by atoms with Gasteiger partial charge >= 0.3 is 0 Å². The third-order valence-electron chi connectivity index (χ3n) is 3.21. The Balaban J connectivity index is 2.52. The van der Waals surface area contributed by atoms with Crippen LogP contribution in [0.2, 0.25) is 0 Å². The van der Waals surface area contributed by atoms with Crippen molar-refractivity contribution in [1.29, 1.82) is 0 Å². The van der Waals surface area contributed by atoms with Gasteiger partial charge in [0.15, 0.2) is 0 Å². The number of carbonyl (C=O) groups is 1. The number of nitrogens with zero attached hydrogens (tertiary/aromatic N) is 2. The van der Waals surface area contributed by atoms with E-state index < -0.39 is 11.8 Å². The molecule has 1 rings (SSSR count). The molecule has 1 aliphatic carbocycles. The summed E-state index contributed by atoms with van der Waals surface area (Å²) in [5.41, 5.74) is 5.31. The Kier molecular flexibility index (Phi) is 4.86. The summed E-state index contributed by atoms with van der Waals surface area (Å²) in [7, 11) is 0. The van der Waals surface area contributed by atoms with Crippen molar-refractivity contribution in [3.63, 3.8) is 0 Å². The number of rotatable bonds is 5. The van der Waals surface area contributed by atoms with Gasteiger partial charge in [0.25, 0.3) is 0 Å². The van der Waals surface area contributed by atoms with Crippen molar-refractivity contribution in [2.75, 3.05) is 13.1 Å². The van der Waals surface area contributed by atoms with Crippen molar-refractivity contribution in [3.05, 3.63) is 0 Å². The molecule has 3 N–H and O–H groups in total. The minimum Gasteiger partial charge on any atom is -0.409 e. The van der Waals surface area contributed by atoms with Gasteiger partial charge in [0.1, 0.15) is 5.84 Å². The lowest BCUT2D eigenvalue weighted by Gasteiger charge is -2.24. The SMILES string of the molecule is CCN(CCC(N)=NO)C(=O)C1CCC(F)(F)C1. The van der Waals surface area contributed by atoms with Crippen molar-refractivity contribution in [3.8, 4) is 0 Å². The summed E-state index contributed by atoms with van der Waals surface area (Å²) in [4.78, 5) is 13.5. The Morgan fingerprint density at radius 2 is 2.28 bits per heavy atom. The van der Waals surface area contributed by atoms with Gasteiger partial charge in [-0.3, -0.25) is 4.79 Å². The molecule has 1 fully saturated rings. The van der Waals surface area contributed by atoms with E-state index >= 15 is 0 Å². The molecule has 0 spiro atoms. The van der Waals surface area contributed by atoms with E-state index in [2.05, 4.69) is 5.16 Å². The number of carbonyl (C=O) groups excluding carboxylic acids is 1. The maximum Gasteiger partial charge on any atom is 0.248 e. The van der Waals surface area contributed by atoms with Gasteiger partial charge in [-0.05, 0) is 13.3 Å². The molecule has 0 aromatic rings. The van der Waals surface area contributed by atoms with E-state index in [1.54, 1.807) is 6.92 Å². The first kappa shape index (κ1) is 14.7. The number of hydrogen-bond donors (Lipinski definition) is 2. The van der Waals surface area contributed by atoms with Crippen molar-refractivity contribution in [1.82, 2.24) is 4.90 Å². The average Bonchev–Trinajstić information content (AvgIpc) is 2.69. The van der Waals surface area contributed by atoms with Crippen LogP contribution in [0.4, 0.5) is 8.78 Å². The van der Waals surface area contributed by atoms with Gasteiger partial charge in [0.2, 0.25) is 11.8 Å². The fraction of sp³-hybridized carbons (Fsp3) is 0.818. The number of halogens is 2. The monoisotopic (exact) mass is 263 g/mol. The van der Waals surface area contributed by atoms with E-state index in [1.807, 2.05) is 0 Å². The first-order valence-corrected chi connectivity index (χ1v) is 6.02. The Labute approximate surface area is 105 Å². The third kappa shape index (κ3) is 3.82. The number of amides is 1. The first-order chi connectivity index (χ1) is 8.39. The van der Waals surface area contributed by atoms with Gasteiger partial charge in [-0.25, -0.2) is 8.78 Å². The molecule has 0 saturated heterocycles. The molecule has 1 unspecified atom stereocenters. The summed E-state index contributed by atoms with van der Waals surface area (Å²) < 4.78 is 26.1. The predicted octanol–water partition coefficient (Wildman–Crippen LogP) is 1.41. The van der Waals surface area contributed by atoms with Crippen LogP contribution >= 0.6 is 0 Å². The Hall–Kier alpha value is -1.40. The lowest BCUT2D eigenvalue weighted by atomic mass is 10.1. The molecule has 1 amide bonds. The fourth-order valence-corrected chi connectivity index (χ4v) is 2.14. The predicted molar refractivity (Wildman–Crippen MR) is 62.6 cm³/mol. The lowest BCUT2D eigenvalue weighted by molar-refractivity contribution is -0.136. The van der Waals surface area contributed by atoms with Crippen LogP contribution in [0.5, 0.6) is 0 Å². The van der Waals surface area contributed by atoms with Gasteiger partial charge in [-0.1, -0.05) is 5.16 Å². The molecule has 104 valence electrons. The van der Waals surface area contributed by atoms with Crippen LogP contribution in [0.1, 0.15) is 32.6 Å². The van der Waals surface area contributed by atoms with E-state index in [0.717, 1.165) is 0 Å². The Morgan fingerprint density at radius 1 is 1.61 bits per heavy atom. The van der Waals surface area contributed by atoms with Gasteiger partial charge in [-0.15, -0.1) is 0 Å². The summed E-state index contributed by atoms with van der Waals surface area (Å²) in [6.45, 7) is 2.49. The quantitative estimate of drug-likeness (QED) is 0.340. The number of alkyl halides is 2. The molecular weight excluding hydrogens is 244 g/mol. The zero-order valence-electron chi connectivity index (χ0n) is 10.4. The average molecular weight is 263 g/mol. The minimum absolute atomic E-state index is 0.0259. The smallest absolute Gasteiger partial charge is 0.248 e. The molecule has 1 aliphatic rings. The molecule has 1 saturated carbocycles. The van der Waals surface area contributed by atoms with Crippen LogP contribution in [-0.4, -0.2) is 40.9 Å². The molecule has 7 heteroatoms. The fourth-order valence-electron chi connectivity index (χ4n) is 2.14. The minimum atomic E-state index is -2.72. The highest BCUT2D eigenvalue weighted by atomic mass is 19.3. The zero-order chi connectivity index (χ0) is 13.8. The van der Waals surface area contributed by atoms with Crippen LogP contribution < -0.4 is 5.73 Å². The molecular formula is C11H19F2N3O2. The summed E-state index contributed by atoms with van der Waals surface area (Å²) in [6, 6.07) is 0. The molecule has 18 heavy (non-hydrogen) atoms. The van der Waals surface area contributed by atoms with Crippen LogP contribution in [0.25, 0.3) is 0 Å². The number of hydrogen-bond acceptors (Lipinski definition) is 3. The van der Waals surface area contributed by atoms with Crippen molar-refractivity contribution >= 4 is 11.7 Å². The highest BCUT2D eigenvalue weighted by Gasteiger charge is 2.43. The van der Waals surface area contributed by atoms with E-state index in [4.69, 9.17) is 10.9 Å². The normalized spacial score (nSPS) is 23.1. The Bertz CT molecular complexity index is 334. The van der Waals surface area contributed by atoms with E-state index in [0.29, 0.717) is 6.54 Å². The molecule has 0 bridgehead atoms. The number of nitrogens with two attached hydrogens (primary N) is 1. The summed E-state index contributed by atoms with van der Waals surface area (Å²) in [5, 5.41) is 11.2. The van der Waals surface area contributed by atoms with Gasteiger partial charge in [0, 0.05) is 38.3 Å². The van der Waals surface area contributed by atoms with Crippen LogP contribution in [-0.2, 0) is 4.79 Å². The van der Waals surface area contributed by atoms with Gasteiger partial charge in [-0.2, -0.15) is 0 Å². The van der Waals surface area contributed by atoms with Crippen LogP contribution in [0.3, 0.4) is 0 Å². The van der Waals surface area contributed by atoms with E-state index in [1.165, 1.54) is 4.90 Å². The molecule has 1 atom stereocenters. The number of amidine groups is 1. The van der Waals surface area contributed by atoms with Crippen molar-refractivity contribution < 1.29 is 18.8 Å². The van der Waals surface area contributed by atoms with Crippen LogP contribution in [0.15, 0.2) is 5.16 Å². The van der Waals surface area contributed by atoms with Crippen molar-refractivity contribution in [2.24, 2.45) is 16.8 Å². The molecule has 0 aromatic carbocycles. The topological polar surface area (TPSA) is 78.9 Å². The van der Waals surface area contributed by atoms with Crippen LogP contribution in [0, 0.1) is 5.92 Å². The third-order valence-corrected chi connectivity index (χ3v) is 3.21. The second kappa shape index (κ2) is 5.97. The summed E-state index contributed by atoms with van der Waals surface area (Å²) >= 11 is 0. The largest absolute Gasteiger partial charge is 0.409 e. The molecule has 0 aliphatic heterocycles. The highest BCUT2D eigenvalue weighted by molar-refractivity contribution is 5.82. The standard InChI is InChI=1S/C11H19F2N3O2/c1-2-16(6-4-9(14)15-18)10(17)8-3-5-11(12,13)7-8/h8,18H,2-7H2,1H3,(H2,14,15). The van der Waals surface area contributed by atoms with Crippen molar-refractivity contribution in [2.45, 2.75) is 38.5 Å². The van der Waals surface area contributed by atoms with E-state index in [-0.39, 0.29) is 44.0 Å². The summed E-state index contributed by atoms with van der Waals surface area (Å²) in [5.74, 6) is -3.56. The van der Waals surface area contributed by atoms with Gasteiger partial charge < -0.3 is 15.8 Å². The number of oxime groups is 1. The first-order valence-electron chi connectivity index (χ1n) is 6.02. The zero-order valence-corrected chi connectivity index (χ0v) is 10.4. The maximum atomic E-state index is 13.0. The second-order valence-electron chi connectivity index (χ2n) is 4.55. The summed E-state index contributed by atoms with van der Waals surface area (Å²) in [6.07, 6.45) is -0.127. The Morgan fingerprint density at radius 3 is 2.72 bits per heavy atom. The molecule has 0 aromatic heterocycles. The molecule has 0 radical (unpaired) electrons. The highest BCUT2D eigenvalue weighted by Crippen LogP contribution is 2.39. The maximum absolute atomic E-state index is 13.0. The molecule has 5 nitrogen and oxygen atoms in total. The second-order valence-corrected chi connectivity index (χ2v) is 4.55.